The van der Waals surface area contributed by atoms with Crippen molar-refractivity contribution in [3.63, 3.8) is 0 Å². The second kappa shape index (κ2) is 8.70. The molecule has 0 aromatic heterocycles. The Kier molecular flexibility index (Phi) is 6.09. The number of nitrogens with zero attached hydrogens (tertiary/aromatic N) is 1. The van der Waals surface area contributed by atoms with Crippen LogP contribution in [0, 0.1) is 17.0 Å². The normalized spacial score (nSPS) is 10.4. The van der Waals surface area contributed by atoms with Crippen LogP contribution >= 0.6 is 11.8 Å². The van der Waals surface area contributed by atoms with Crippen LogP contribution in [0.4, 0.5) is 11.4 Å². The number of benzene rings is 3. The fourth-order valence-electron chi connectivity index (χ4n) is 2.91. The maximum Gasteiger partial charge on any atom is 0.283 e. The number of aryl methyl sites for hydroxylation is 1. The number of hydrogen-bond donors (Lipinski definition) is 1. The van der Waals surface area contributed by atoms with Crippen LogP contribution in [0.25, 0.3) is 0 Å². The van der Waals surface area contributed by atoms with Gasteiger partial charge >= 0.3 is 0 Å². The van der Waals surface area contributed by atoms with Crippen molar-refractivity contribution in [2.75, 3.05) is 11.6 Å². The number of rotatable bonds is 6. The van der Waals surface area contributed by atoms with Crippen molar-refractivity contribution in [3.8, 4) is 0 Å². The summed E-state index contributed by atoms with van der Waals surface area (Å²) in [6.07, 6.45) is 1.73. The number of hydrogen-bond acceptors (Lipinski definition) is 5. The minimum absolute atomic E-state index is 0.134. The lowest BCUT2D eigenvalue weighted by Gasteiger charge is -2.11. The van der Waals surface area contributed by atoms with Gasteiger partial charge in [-0.05, 0) is 43.0 Å². The van der Waals surface area contributed by atoms with Gasteiger partial charge in [0.15, 0.2) is 5.78 Å². The van der Waals surface area contributed by atoms with E-state index in [0.717, 1.165) is 5.56 Å². The zero-order chi connectivity index (χ0) is 21.0. The number of ketones is 1. The average Bonchev–Trinajstić information content (AvgIpc) is 2.74. The summed E-state index contributed by atoms with van der Waals surface area (Å²) in [4.78, 5) is 37.2. The van der Waals surface area contributed by atoms with Gasteiger partial charge in [-0.15, -0.1) is 11.8 Å². The Balaban J connectivity index is 1.97. The van der Waals surface area contributed by atoms with Crippen molar-refractivity contribution in [1.29, 1.82) is 0 Å². The molecule has 1 N–H and O–H groups in total. The number of carbonyl (C=O) groups excluding carboxylic acids is 2. The molecule has 0 atom stereocenters. The predicted molar refractivity (Wildman–Crippen MR) is 114 cm³/mol. The van der Waals surface area contributed by atoms with Crippen molar-refractivity contribution < 1.29 is 14.5 Å². The van der Waals surface area contributed by atoms with Gasteiger partial charge in [-0.3, -0.25) is 19.7 Å². The van der Waals surface area contributed by atoms with Crippen LogP contribution in [0.15, 0.2) is 71.6 Å². The molecule has 0 bridgehead atoms. The SMILES string of the molecule is CSc1ccc(C(=O)c2ccccc2C(=O)Nc2ccccc2C)cc1[N+](=O)[O-]. The highest BCUT2D eigenvalue weighted by molar-refractivity contribution is 7.98. The predicted octanol–water partition coefficient (Wildman–Crippen LogP) is 5.11. The van der Waals surface area contributed by atoms with Crippen molar-refractivity contribution >= 4 is 34.8 Å². The summed E-state index contributed by atoms with van der Waals surface area (Å²) in [6.45, 7) is 1.87. The number of nitrogens with one attached hydrogen (secondary N) is 1. The second-order valence-corrected chi connectivity index (χ2v) is 7.14. The molecule has 1 amide bonds. The van der Waals surface area contributed by atoms with Crippen molar-refractivity contribution in [2.45, 2.75) is 11.8 Å². The molecule has 3 aromatic carbocycles. The first-order chi connectivity index (χ1) is 13.9. The maximum absolute atomic E-state index is 13.1. The lowest BCUT2D eigenvalue weighted by Crippen LogP contribution is -2.17. The lowest BCUT2D eigenvalue weighted by molar-refractivity contribution is -0.387. The number of carbonyl (C=O) groups is 2. The first-order valence-electron chi connectivity index (χ1n) is 8.75. The van der Waals surface area contributed by atoms with Crippen molar-refractivity contribution in [3.05, 3.63) is 99.1 Å². The van der Waals surface area contributed by atoms with E-state index >= 15 is 0 Å². The summed E-state index contributed by atoms with van der Waals surface area (Å²) in [5.41, 5.74) is 1.96. The molecule has 0 aliphatic rings. The largest absolute Gasteiger partial charge is 0.322 e. The van der Waals surface area contributed by atoms with Crippen LogP contribution in [-0.4, -0.2) is 22.9 Å². The Bertz CT molecular complexity index is 1110. The molecule has 146 valence electrons. The zero-order valence-corrected chi connectivity index (χ0v) is 16.7. The summed E-state index contributed by atoms with van der Waals surface area (Å²) in [6, 6.07) is 18.1. The van der Waals surface area contributed by atoms with Gasteiger partial charge in [0, 0.05) is 22.9 Å². The van der Waals surface area contributed by atoms with E-state index in [2.05, 4.69) is 5.32 Å². The van der Waals surface area contributed by atoms with Crippen LogP contribution < -0.4 is 5.32 Å². The second-order valence-electron chi connectivity index (χ2n) is 6.29. The summed E-state index contributed by atoms with van der Waals surface area (Å²) in [5, 5.41) is 14.1. The standard InChI is InChI=1S/C22H18N2O4S/c1-14-7-3-6-10-18(14)23-22(26)17-9-5-4-8-16(17)21(25)15-11-12-20(29-2)19(13-15)24(27)28/h3-13H,1-2H3,(H,23,26). The smallest absolute Gasteiger partial charge is 0.283 e. The molecular weight excluding hydrogens is 388 g/mol. The summed E-state index contributed by atoms with van der Waals surface area (Å²) >= 11 is 1.23. The zero-order valence-electron chi connectivity index (χ0n) is 15.8. The van der Waals surface area contributed by atoms with Crippen LogP contribution in [0.2, 0.25) is 0 Å². The van der Waals surface area contributed by atoms with Gasteiger partial charge in [-0.25, -0.2) is 0 Å². The van der Waals surface area contributed by atoms with E-state index in [1.165, 1.54) is 23.9 Å². The Morgan fingerprint density at radius 1 is 0.966 bits per heavy atom. The van der Waals surface area contributed by atoms with Crippen molar-refractivity contribution in [1.82, 2.24) is 0 Å². The van der Waals surface area contributed by atoms with Gasteiger partial charge in [0.25, 0.3) is 11.6 Å². The summed E-state index contributed by atoms with van der Waals surface area (Å²) in [5.74, 6) is -0.866. The topological polar surface area (TPSA) is 89.3 Å². The molecule has 0 aliphatic heterocycles. The molecule has 0 saturated carbocycles. The van der Waals surface area contributed by atoms with Gasteiger partial charge in [0.2, 0.25) is 0 Å². The number of anilines is 1. The van der Waals surface area contributed by atoms with Gasteiger partial charge in [0.1, 0.15) is 0 Å². The maximum atomic E-state index is 13.1. The molecule has 3 rings (SSSR count). The molecule has 0 spiro atoms. The highest BCUT2D eigenvalue weighted by Gasteiger charge is 2.22. The van der Waals surface area contributed by atoms with E-state index in [1.807, 2.05) is 25.1 Å². The third-order valence-electron chi connectivity index (χ3n) is 4.45. The minimum Gasteiger partial charge on any atom is -0.322 e. The summed E-state index contributed by atoms with van der Waals surface area (Å²) < 4.78 is 0. The first kappa shape index (κ1) is 20.3. The molecule has 0 fully saturated rings. The Labute approximate surface area is 172 Å². The molecule has 7 heteroatoms. The van der Waals surface area contributed by atoms with Gasteiger partial charge < -0.3 is 5.32 Å². The van der Waals surface area contributed by atoms with Gasteiger partial charge in [0.05, 0.1) is 15.4 Å². The molecule has 0 heterocycles. The monoisotopic (exact) mass is 406 g/mol. The van der Waals surface area contributed by atoms with Crippen LogP contribution in [0.3, 0.4) is 0 Å². The number of nitro groups is 1. The quantitative estimate of drug-likeness (QED) is 0.266. The van der Waals surface area contributed by atoms with E-state index < -0.39 is 16.6 Å². The van der Waals surface area contributed by atoms with Crippen LogP contribution in [-0.2, 0) is 0 Å². The fraction of sp³-hybridized carbons (Fsp3) is 0.0909. The third kappa shape index (κ3) is 4.35. The molecule has 0 radical (unpaired) electrons. The first-order valence-corrected chi connectivity index (χ1v) is 9.98. The van der Waals surface area contributed by atoms with Gasteiger partial charge in [-0.1, -0.05) is 36.4 Å². The molecular formula is C22H18N2O4S. The van der Waals surface area contributed by atoms with Crippen LogP contribution in [0.1, 0.15) is 31.8 Å². The number of nitro benzene ring substituents is 1. The van der Waals surface area contributed by atoms with E-state index in [-0.39, 0.29) is 22.4 Å². The van der Waals surface area contributed by atoms with E-state index in [1.54, 1.807) is 42.7 Å². The minimum atomic E-state index is -0.514. The van der Waals surface area contributed by atoms with Crippen LogP contribution in [0.5, 0.6) is 0 Å². The molecule has 0 unspecified atom stereocenters. The molecule has 29 heavy (non-hydrogen) atoms. The Hall–Kier alpha value is -3.45. The number of amides is 1. The van der Waals surface area contributed by atoms with E-state index in [0.29, 0.717) is 10.6 Å². The Morgan fingerprint density at radius 2 is 1.62 bits per heavy atom. The summed E-state index contributed by atoms with van der Waals surface area (Å²) in [7, 11) is 0. The van der Waals surface area contributed by atoms with E-state index in [9.17, 15) is 19.7 Å². The molecule has 6 nitrogen and oxygen atoms in total. The molecule has 0 saturated heterocycles. The van der Waals surface area contributed by atoms with Gasteiger partial charge in [-0.2, -0.15) is 0 Å². The number of thioether (sulfide) groups is 1. The molecule has 3 aromatic rings. The molecule has 0 aliphatic carbocycles. The number of para-hydroxylation sites is 1. The average molecular weight is 406 g/mol. The highest BCUT2D eigenvalue weighted by atomic mass is 32.2. The fourth-order valence-corrected chi connectivity index (χ4v) is 3.46. The Morgan fingerprint density at radius 3 is 2.28 bits per heavy atom. The highest BCUT2D eigenvalue weighted by Crippen LogP contribution is 2.29. The third-order valence-corrected chi connectivity index (χ3v) is 5.23. The van der Waals surface area contributed by atoms with E-state index in [4.69, 9.17) is 0 Å². The van der Waals surface area contributed by atoms with Crippen molar-refractivity contribution in [2.24, 2.45) is 0 Å². The lowest BCUT2D eigenvalue weighted by atomic mass is 9.97.